The molecule has 2 atom stereocenters. The molecule has 0 bridgehead atoms. The van der Waals surface area contributed by atoms with Crippen LogP contribution < -0.4 is 10.6 Å². The van der Waals surface area contributed by atoms with Crippen molar-refractivity contribution in [2.45, 2.75) is 32.8 Å². The number of rotatable bonds is 7. The van der Waals surface area contributed by atoms with Crippen LogP contribution in [-0.2, 0) is 0 Å². The van der Waals surface area contributed by atoms with Crippen LogP contribution in [-0.4, -0.2) is 34.7 Å². The van der Waals surface area contributed by atoms with Crippen LogP contribution in [0.2, 0.25) is 0 Å². The molecule has 114 valence electrons. The van der Waals surface area contributed by atoms with E-state index >= 15 is 0 Å². The Bertz CT molecular complexity index is 503. The number of terminal acetylenes is 1. The molecule has 0 radical (unpaired) electrons. The molecule has 1 rings (SSSR count). The number of nitrogens with one attached hydrogen (secondary N) is 2. The van der Waals surface area contributed by atoms with Crippen molar-refractivity contribution in [3.8, 4) is 12.3 Å². The van der Waals surface area contributed by atoms with Crippen LogP contribution in [0, 0.1) is 18.3 Å². The summed E-state index contributed by atoms with van der Waals surface area (Å²) in [6, 6.07) is 3.37. The van der Waals surface area contributed by atoms with Gasteiger partial charge in [-0.3, -0.25) is 4.79 Å². The second kappa shape index (κ2) is 7.65. The standard InChI is InChI=1S/C16H23N3O2/c1-5-9-17-15(20)13-7-8-14(18-10-13)19-11-16(4,21)12(3)6-2/h1,7-8,10,12,21H,6,9,11H2,2-4H3,(H,17,20)(H,18,19)/t12-,16-/m1/s1. The fourth-order valence-electron chi connectivity index (χ4n) is 1.75. The van der Waals surface area contributed by atoms with Crippen molar-refractivity contribution in [2.75, 3.05) is 18.4 Å². The Kier molecular flexibility index (Phi) is 6.19. The zero-order chi connectivity index (χ0) is 15.9. The first-order valence-corrected chi connectivity index (χ1v) is 7.04. The highest BCUT2D eigenvalue weighted by Gasteiger charge is 2.26. The van der Waals surface area contributed by atoms with Crippen molar-refractivity contribution in [3.63, 3.8) is 0 Å². The van der Waals surface area contributed by atoms with E-state index in [1.165, 1.54) is 6.20 Å². The minimum atomic E-state index is -0.806. The summed E-state index contributed by atoms with van der Waals surface area (Å²) in [5.41, 5.74) is -0.358. The number of carbonyl (C=O) groups is 1. The summed E-state index contributed by atoms with van der Waals surface area (Å²) in [5, 5.41) is 16.0. The van der Waals surface area contributed by atoms with E-state index in [1.807, 2.05) is 13.8 Å². The van der Waals surface area contributed by atoms with Gasteiger partial charge in [0.2, 0.25) is 0 Å². The third-order valence-corrected chi connectivity index (χ3v) is 3.68. The first-order valence-electron chi connectivity index (χ1n) is 7.04. The highest BCUT2D eigenvalue weighted by molar-refractivity contribution is 5.94. The molecule has 1 aromatic heterocycles. The van der Waals surface area contributed by atoms with Crippen LogP contribution in [0.15, 0.2) is 18.3 Å². The van der Waals surface area contributed by atoms with E-state index in [9.17, 15) is 9.90 Å². The monoisotopic (exact) mass is 289 g/mol. The Labute approximate surface area is 126 Å². The summed E-state index contributed by atoms with van der Waals surface area (Å²) in [5.74, 6) is 2.89. The predicted octanol–water partition coefficient (Wildman–Crippen LogP) is 1.65. The van der Waals surface area contributed by atoms with Gasteiger partial charge in [0.05, 0.1) is 17.7 Å². The first kappa shape index (κ1) is 17.0. The van der Waals surface area contributed by atoms with Gasteiger partial charge in [-0.15, -0.1) is 6.42 Å². The van der Waals surface area contributed by atoms with Gasteiger partial charge in [-0.2, -0.15) is 0 Å². The fraction of sp³-hybridized carbons (Fsp3) is 0.500. The fourth-order valence-corrected chi connectivity index (χ4v) is 1.75. The van der Waals surface area contributed by atoms with Gasteiger partial charge < -0.3 is 15.7 Å². The van der Waals surface area contributed by atoms with Gasteiger partial charge in [-0.25, -0.2) is 4.98 Å². The van der Waals surface area contributed by atoms with Crippen molar-refractivity contribution in [1.82, 2.24) is 10.3 Å². The Balaban J connectivity index is 2.59. The SMILES string of the molecule is C#CCNC(=O)c1ccc(NC[C@@](C)(O)[C@H](C)CC)nc1. The second-order valence-electron chi connectivity index (χ2n) is 5.34. The number of anilines is 1. The minimum Gasteiger partial charge on any atom is -0.388 e. The molecule has 1 heterocycles. The summed E-state index contributed by atoms with van der Waals surface area (Å²) in [6.07, 6.45) is 7.46. The van der Waals surface area contributed by atoms with Crippen molar-refractivity contribution in [3.05, 3.63) is 23.9 Å². The summed E-state index contributed by atoms with van der Waals surface area (Å²) in [6.45, 7) is 6.44. The van der Waals surface area contributed by atoms with Gasteiger partial charge in [-0.1, -0.05) is 26.2 Å². The van der Waals surface area contributed by atoms with Crippen LogP contribution in [0.5, 0.6) is 0 Å². The number of carbonyl (C=O) groups excluding carboxylic acids is 1. The van der Waals surface area contributed by atoms with Crippen LogP contribution in [0.1, 0.15) is 37.6 Å². The smallest absolute Gasteiger partial charge is 0.253 e. The van der Waals surface area contributed by atoms with Crippen LogP contribution in [0.25, 0.3) is 0 Å². The molecule has 3 N–H and O–H groups in total. The minimum absolute atomic E-state index is 0.179. The zero-order valence-corrected chi connectivity index (χ0v) is 12.8. The first-order chi connectivity index (χ1) is 9.90. The van der Waals surface area contributed by atoms with E-state index < -0.39 is 5.60 Å². The highest BCUT2D eigenvalue weighted by Crippen LogP contribution is 2.20. The second-order valence-corrected chi connectivity index (χ2v) is 5.34. The number of hydrogen-bond donors (Lipinski definition) is 3. The van der Waals surface area contributed by atoms with E-state index in [1.54, 1.807) is 19.1 Å². The van der Waals surface area contributed by atoms with Gasteiger partial charge in [0, 0.05) is 12.7 Å². The van der Waals surface area contributed by atoms with Gasteiger partial charge in [0.15, 0.2) is 0 Å². The Morgan fingerprint density at radius 3 is 2.81 bits per heavy atom. The van der Waals surface area contributed by atoms with Crippen LogP contribution >= 0.6 is 0 Å². The van der Waals surface area contributed by atoms with Gasteiger partial charge in [0.25, 0.3) is 5.91 Å². The van der Waals surface area contributed by atoms with Crippen molar-refractivity contribution >= 4 is 11.7 Å². The average molecular weight is 289 g/mol. The molecule has 5 heteroatoms. The average Bonchev–Trinajstić information content (AvgIpc) is 2.50. The molecule has 5 nitrogen and oxygen atoms in total. The predicted molar refractivity (Wildman–Crippen MR) is 84.0 cm³/mol. The maximum Gasteiger partial charge on any atom is 0.253 e. The lowest BCUT2D eigenvalue weighted by atomic mass is 9.89. The van der Waals surface area contributed by atoms with Crippen molar-refractivity contribution in [2.24, 2.45) is 5.92 Å². The summed E-state index contributed by atoms with van der Waals surface area (Å²) in [7, 11) is 0. The van der Waals surface area contributed by atoms with Gasteiger partial charge >= 0.3 is 0 Å². The molecule has 1 aromatic rings. The van der Waals surface area contributed by atoms with Crippen LogP contribution in [0.3, 0.4) is 0 Å². The van der Waals surface area contributed by atoms with Gasteiger partial charge in [0.1, 0.15) is 5.82 Å². The molecule has 1 amide bonds. The quantitative estimate of drug-likeness (QED) is 0.667. The molecular weight excluding hydrogens is 266 g/mol. The maximum absolute atomic E-state index is 11.7. The van der Waals surface area contributed by atoms with E-state index in [0.717, 1.165) is 6.42 Å². The van der Waals surface area contributed by atoms with Crippen molar-refractivity contribution in [1.29, 1.82) is 0 Å². The lowest BCUT2D eigenvalue weighted by molar-refractivity contribution is 0.0175. The third-order valence-electron chi connectivity index (χ3n) is 3.68. The number of hydrogen-bond acceptors (Lipinski definition) is 4. The molecule has 0 saturated carbocycles. The number of pyridine rings is 1. The molecule has 21 heavy (non-hydrogen) atoms. The summed E-state index contributed by atoms with van der Waals surface area (Å²) in [4.78, 5) is 15.8. The van der Waals surface area contributed by atoms with E-state index in [0.29, 0.717) is 17.9 Å². The largest absolute Gasteiger partial charge is 0.388 e. The maximum atomic E-state index is 11.7. The van der Waals surface area contributed by atoms with E-state index in [-0.39, 0.29) is 18.4 Å². The molecule has 0 unspecified atom stereocenters. The Hall–Kier alpha value is -2.06. The molecule has 0 aliphatic rings. The molecule has 0 aliphatic carbocycles. The molecular formula is C16H23N3O2. The number of nitrogens with zero attached hydrogens (tertiary/aromatic N) is 1. The molecule has 0 aromatic carbocycles. The topological polar surface area (TPSA) is 74.2 Å². The third kappa shape index (κ3) is 5.09. The van der Waals surface area contributed by atoms with E-state index in [2.05, 4.69) is 21.5 Å². The summed E-state index contributed by atoms with van der Waals surface area (Å²) >= 11 is 0. The lowest BCUT2D eigenvalue weighted by Crippen LogP contribution is -2.40. The molecule has 0 saturated heterocycles. The zero-order valence-electron chi connectivity index (χ0n) is 12.8. The molecule has 0 aliphatic heterocycles. The van der Waals surface area contributed by atoms with Crippen molar-refractivity contribution < 1.29 is 9.90 Å². The Morgan fingerprint density at radius 1 is 1.57 bits per heavy atom. The van der Waals surface area contributed by atoms with E-state index in [4.69, 9.17) is 6.42 Å². The number of amides is 1. The Morgan fingerprint density at radius 2 is 2.29 bits per heavy atom. The number of aliphatic hydroxyl groups is 1. The lowest BCUT2D eigenvalue weighted by Gasteiger charge is -2.30. The van der Waals surface area contributed by atoms with Gasteiger partial charge in [-0.05, 0) is 25.0 Å². The molecule has 0 fully saturated rings. The van der Waals surface area contributed by atoms with Crippen LogP contribution in [0.4, 0.5) is 5.82 Å². The number of aromatic nitrogens is 1. The summed E-state index contributed by atoms with van der Waals surface area (Å²) < 4.78 is 0. The normalized spacial score (nSPS) is 14.6. The molecule has 0 spiro atoms. The highest BCUT2D eigenvalue weighted by atomic mass is 16.3.